The third-order valence-electron chi connectivity index (χ3n) is 3.88. The smallest absolute Gasteiger partial charge is 0.307 e. The number of carboxylic acids is 1. The van der Waals surface area contributed by atoms with Gasteiger partial charge in [0, 0.05) is 6.42 Å². The number of aliphatic carboxylic acids is 1. The Balaban J connectivity index is 1.99. The SMILES string of the molecule is N[C@@H](Cc1ccccc1)C(=O)CC(Cc1cccc(F)c1)C(=O)O. The lowest BCUT2D eigenvalue weighted by Gasteiger charge is -2.15. The van der Waals surface area contributed by atoms with Gasteiger partial charge in [-0.15, -0.1) is 0 Å². The van der Waals surface area contributed by atoms with Crippen LogP contribution in [-0.2, 0) is 22.4 Å². The zero-order chi connectivity index (χ0) is 17.5. The minimum absolute atomic E-state index is 0.0941. The molecule has 0 spiro atoms. The van der Waals surface area contributed by atoms with E-state index in [-0.39, 0.29) is 18.6 Å². The van der Waals surface area contributed by atoms with E-state index in [1.807, 2.05) is 30.3 Å². The molecule has 0 radical (unpaired) electrons. The van der Waals surface area contributed by atoms with Gasteiger partial charge in [-0.05, 0) is 36.1 Å². The van der Waals surface area contributed by atoms with Gasteiger partial charge in [-0.1, -0.05) is 42.5 Å². The molecule has 0 heterocycles. The molecule has 2 rings (SSSR count). The molecule has 0 aliphatic rings. The van der Waals surface area contributed by atoms with Crippen molar-refractivity contribution in [1.29, 1.82) is 0 Å². The molecule has 0 bridgehead atoms. The lowest BCUT2D eigenvalue weighted by Crippen LogP contribution is -2.35. The van der Waals surface area contributed by atoms with Crippen molar-refractivity contribution >= 4 is 11.8 Å². The predicted molar refractivity (Wildman–Crippen MR) is 89.0 cm³/mol. The zero-order valence-electron chi connectivity index (χ0n) is 13.2. The number of Topliss-reactive ketones (excluding diaryl/α,β-unsaturated/α-hetero) is 1. The first-order valence-electron chi connectivity index (χ1n) is 7.75. The van der Waals surface area contributed by atoms with E-state index in [1.165, 1.54) is 18.2 Å². The first kappa shape index (κ1) is 17.8. The normalized spacial score (nSPS) is 13.2. The molecule has 5 heteroatoms. The fourth-order valence-electron chi connectivity index (χ4n) is 2.57. The molecule has 4 nitrogen and oxygen atoms in total. The Hall–Kier alpha value is -2.53. The molecule has 24 heavy (non-hydrogen) atoms. The highest BCUT2D eigenvalue weighted by Crippen LogP contribution is 2.16. The fraction of sp³-hybridized carbons (Fsp3) is 0.263. The summed E-state index contributed by atoms with van der Waals surface area (Å²) in [6.45, 7) is 0. The van der Waals surface area contributed by atoms with Crippen molar-refractivity contribution in [1.82, 2.24) is 0 Å². The zero-order valence-corrected chi connectivity index (χ0v) is 13.2. The summed E-state index contributed by atoms with van der Waals surface area (Å²) in [4.78, 5) is 23.7. The van der Waals surface area contributed by atoms with Crippen LogP contribution < -0.4 is 5.73 Å². The van der Waals surface area contributed by atoms with Crippen molar-refractivity contribution in [2.45, 2.75) is 25.3 Å². The largest absolute Gasteiger partial charge is 0.481 e. The van der Waals surface area contributed by atoms with E-state index in [0.29, 0.717) is 12.0 Å². The van der Waals surface area contributed by atoms with E-state index in [2.05, 4.69) is 0 Å². The van der Waals surface area contributed by atoms with E-state index in [0.717, 1.165) is 5.56 Å². The third kappa shape index (κ3) is 5.28. The molecule has 1 unspecified atom stereocenters. The van der Waals surface area contributed by atoms with Crippen LogP contribution in [0.3, 0.4) is 0 Å². The van der Waals surface area contributed by atoms with Crippen molar-refractivity contribution in [3.05, 3.63) is 71.5 Å². The average molecular weight is 329 g/mol. The van der Waals surface area contributed by atoms with Crippen LogP contribution in [0.4, 0.5) is 4.39 Å². The monoisotopic (exact) mass is 329 g/mol. The van der Waals surface area contributed by atoms with E-state index in [4.69, 9.17) is 5.73 Å². The number of benzene rings is 2. The maximum Gasteiger partial charge on any atom is 0.307 e. The number of carbonyl (C=O) groups excluding carboxylic acids is 1. The standard InChI is InChI=1S/C19H20FNO3/c20-16-8-4-7-14(10-16)9-15(19(23)24)12-18(22)17(21)11-13-5-2-1-3-6-13/h1-8,10,15,17H,9,11-12,21H2,(H,23,24)/t15?,17-/m0/s1. The molecule has 0 saturated heterocycles. The number of nitrogens with two attached hydrogens (primary N) is 1. The Morgan fingerprint density at radius 1 is 1.00 bits per heavy atom. The van der Waals surface area contributed by atoms with Gasteiger partial charge in [0.05, 0.1) is 12.0 Å². The van der Waals surface area contributed by atoms with Gasteiger partial charge >= 0.3 is 5.97 Å². The molecule has 2 aromatic carbocycles. The predicted octanol–water partition coefficient (Wildman–Crippen LogP) is 2.60. The van der Waals surface area contributed by atoms with Gasteiger partial charge in [-0.2, -0.15) is 0 Å². The summed E-state index contributed by atoms with van der Waals surface area (Å²) in [6.07, 6.45) is 0.294. The molecule has 2 atom stereocenters. The van der Waals surface area contributed by atoms with Gasteiger partial charge in [0.15, 0.2) is 5.78 Å². The Labute approximate surface area is 140 Å². The Bertz CT molecular complexity index is 703. The minimum atomic E-state index is -1.08. The molecule has 0 aromatic heterocycles. The summed E-state index contributed by atoms with van der Waals surface area (Å²) in [5.74, 6) is -2.73. The van der Waals surface area contributed by atoms with Crippen LogP contribution in [0.5, 0.6) is 0 Å². The molecule has 0 amide bonds. The summed E-state index contributed by atoms with van der Waals surface area (Å²) in [7, 11) is 0. The number of carbonyl (C=O) groups is 2. The maximum absolute atomic E-state index is 13.2. The van der Waals surface area contributed by atoms with Gasteiger partial charge in [-0.3, -0.25) is 9.59 Å². The minimum Gasteiger partial charge on any atom is -0.481 e. The van der Waals surface area contributed by atoms with E-state index >= 15 is 0 Å². The van der Waals surface area contributed by atoms with Gasteiger partial charge < -0.3 is 10.8 Å². The first-order valence-corrected chi connectivity index (χ1v) is 7.75. The summed E-state index contributed by atoms with van der Waals surface area (Å²) >= 11 is 0. The Morgan fingerprint density at radius 2 is 1.67 bits per heavy atom. The van der Waals surface area contributed by atoms with Gasteiger partial charge in [-0.25, -0.2) is 4.39 Å². The highest BCUT2D eigenvalue weighted by atomic mass is 19.1. The van der Waals surface area contributed by atoms with E-state index in [9.17, 15) is 19.1 Å². The molecular weight excluding hydrogens is 309 g/mol. The number of hydrogen-bond acceptors (Lipinski definition) is 3. The Morgan fingerprint density at radius 3 is 2.29 bits per heavy atom. The number of hydrogen-bond donors (Lipinski definition) is 2. The lowest BCUT2D eigenvalue weighted by atomic mass is 9.91. The molecule has 0 aliphatic carbocycles. The second kappa shape index (κ2) is 8.36. The Kier molecular flexibility index (Phi) is 6.21. The van der Waals surface area contributed by atoms with Crippen LogP contribution in [-0.4, -0.2) is 22.9 Å². The van der Waals surface area contributed by atoms with Gasteiger partial charge in [0.2, 0.25) is 0 Å². The molecule has 3 N–H and O–H groups in total. The molecule has 0 aliphatic heterocycles. The van der Waals surface area contributed by atoms with Crippen molar-refractivity contribution in [3.63, 3.8) is 0 Å². The average Bonchev–Trinajstić information content (AvgIpc) is 2.55. The van der Waals surface area contributed by atoms with Gasteiger partial charge in [0.25, 0.3) is 0 Å². The van der Waals surface area contributed by atoms with Crippen LogP contribution in [0, 0.1) is 11.7 Å². The van der Waals surface area contributed by atoms with Crippen LogP contribution in [0.1, 0.15) is 17.5 Å². The summed E-state index contributed by atoms with van der Waals surface area (Å²) < 4.78 is 13.2. The van der Waals surface area contributed by atoms with Crippen molar-refractivity contribution in [2.24, 2.45) is 11.7 Å². The quantitative estimate of drug-likeness (QED) is 0.780. The highest BCUT2D eigenvalue weighted by molar-refractivity contribution is 5.88. The maximum atomic E-state index is 13.2. The first-order chi connectivity index (χ1) is 11.5. The van der Waals surface area contributed by atoms with Crippen LogP contribution in [0.25, 0.3) is 0 Å². The second-order valence-electron chi connectivity index (χ2n) is 5.84. The van der Waals surface area contributed by atoms with Crippen LogP contribution >= 0.6 is 0 Å². The number of rotatable bonds is 8. The van der Waals surface area contributed by atoms with E-state index < -0.39 is 23.7 Å². The number of halogens is 1. The second-order valence-corrected chi connectivity index (χ2v) is 5.84. The molecule has 2 aromatic rings. The molecule has 0 fully saturated rings. The third-order valence-corrected chi connectivity index (χ3v) is 3.88. The topological polar surface area (TPSA) is 80.4 Å². The van der Waals surface area contributed by atoms with Crippen LogP contribution in [0.2, 0.25) is 0 Å². The molecule has 0 saturated carbocycles. The molecule has 126 valence electrons. The summed E-state index contributed by atoms with van der Waals surface area (Å²) in [5, 5.41) is 9.34. The van der Waals surface area contributed by atoms with Crippen molar-refractivity contribution in [3.8, 4) is 0 Å². The van der Waals surface area contributed by atoms with Gasteiger partial charge in [0.1, 0.15) is 5.82 Å². The molecular formula is C19H20FNO3. The lowest BCUT2D eigenvalue weighted by molar-refractivity contribution is -0.143. The summed E-state index contributed by atoms with van der Waals surface area (Å²) in [6, 6.07) is 14.3. The van der Waals surface area contributed by atoms with Crippen molar-refractivity contribution < 1.29 is 19.1 Å². The number of ketones is 1. The van der Waals surface area contributed by atoms with E-state index in [1.54, 1.807) is 6.07 Å². The summed E-state index contributed by atoms with van der Waals surface area (Å²) in [5.41, 5.74) is 7.39. The van der Waals surface area contributed by atoms with Crippen LogP contribution in [0.15, 0.2) is 54.6 Å². The number of carboxylic acid groups (broad SMARTS) is 1. The highest BCUT2D eigenvalue weighted by Gasteiger charge is 2.25. The van der Waals surface area contributed by atoms with Crippen molar-refractivity contribution in [2.75, 3.05) is 0 Å². The fourth-order valence-corrected chi connectivity index (χ4v) is 2.57.